The van der Waals surface area contributed by atoms with Gasteiger partial charge in [0.2, 0.25) is 0 Å². The molecule has 0 unspecified atom stereocenters. The Kier molecular flexibility index (Phi) is 20.0. The van der Waals surface area contributed by atoms with E-state index in [4.69, 9.17) is 23.4 Å². The first-order chi connectivity index (χ1) is 10.7. The summed E-state index contributed by atoms with van der Waals surface area (Å²) in [5.74, 6) is 0.951. The number of hydrogen-bond acceptors (Lipinski definition) is 2. The van der Waals surface area contributed by atoms with Crippen LogP contribution in [0.4, 0.5) is 25.2 Å². The number of allylic oxidation sites excluding steroid dienone is 1. The van der Waals surface area contributed by atoms with Crippen molar-refractivity contribution in [3.63, 3.8) is 0 Å². The first-order valence-electron chi connectivity index (χ1n) is 5.23. The number of halogens is 6. The predicted molar refractivity (Wildman–Crippen MR) is 69.1 cm³/mol. The molecule has 1 aliphatic rings. The maximum atomic E-state index is 9.87. The minimum Gasteiger partial charge on any atom is 0 e. The number of hydrogen-bond donors (Lipinski definition) is 0. The number of rotatable bonds is 2. The summed E-state index contributed by atoms with van der Waals surface area (Å²) in [7, 11) is -7.31. The molecule has 0 spiro atoms. The van der Waals surface area contributed by atoms with Gasteiger partial charge in [-0.25, -0.2) is 0 Å². The van der Waals surface area contributed by atoms with E-state index in [1.165, 1.54) is 5.57 Å². The molecular weight excluding hydrogens is 425 g/mol. The van der Waals surface area contributed by atoms with Crippen LogP contribution in [-0.2, 0) is 40.5 Å². The van der Waals surface area contributed by atoms with Crippen molar-refractivity contribution in [3.05, 3.63) is 49.5 Å². The van der Waals surface area contributed by atoms with E-state index in [2.05, 4.69) is 26.0 Å². The van der Waals surface area contributed by atoms with E-state index in [1.54, 1.807) is 14.2 Å². The van der Waals surface area contributed by atoms with Gasteiger partial charge in [-0.2, -0.15) is 0 Å². The molecule has 25 heavy (non-hydrogen) atoms. The molecule has 0 aromatic heterocycles. The fourth-order valence-electron chi connectivity index (χ4n) is 1.04. The van der Waals surface area contributed by atoms with Gasteiger partial charge >= 0.3 is 66.9 Å². The second-order valence-electron chi connectivity index (χ2n) is 3.43. The van der Waals surface area contributed by atoms with Crippen LogP contribution in [0.2, 0.25) is 0 Å². The zero-order valence-electron chi connectivity index (χ0n) is 13.0. The van der Waals surface area contributed by atoms with Crippen molar-refractivity contribution in [1.29, 1.82) is 0 Å². The van der Waals surface area contributed by atoms with Crippen LogP contribution < -0.4 is 0 Å². The van der Waals surface area contributed by atoms with Crippen LogP contribution in [0.25, 0.3) is 0 Å². The Morgan fingerprint density at radius 1 is 0.880 bits per heavy atom. The molecule has 1 rings (SSSR count). The summed E-state index contributed by atoms with van der Waals surface area (Å²) in [5, 5.41) is 0. The molecule has 0 saturated carbocycles. The van der Waals surface area contributed by atoms with Crippen molar-refractivity contribution in [2.24, 2.45) is 0 Å². The summed E-state index contributed by atoms with van der Waals surface area (Å²) in [6.07, 6.45) is 5.79. The van der Waals surface area contributed by atoms with E-state index in [9.17, 15) is 25.2 Å². The van der Waals surface area contributed by atoms with Crippen molar-refractivity contribution in [2.75, 3.05) is 14.2 Å². The van der Waals surface area contributed by atoms with Crippen molar-refractivity contribution in [2.45, 2.75) is 13.3 Å². The summed E-state index contributed by atoms with van der Waals surface area (Å²) in [6.45, 7) is 15.5. The van der Waals surface area contributed by atoms with Crippen LogP contribution in [0.3, 0.4) is 0 Å². The maximum absolute atomic E-state index is 10.7. The van der Waals surface area contributed by atoms with Gasteiger partial charge in [-0.3, -0.25) is 0 Å². The molecule has 0 atom stereocenters. The van der Waals surface area contributed by atoms with Gasteiger partial charge in [-0.05, 0) is 18.6 Å². The van der Waals surface area contributed by atoms with Crippen molar-refractivity contribution < 1.29 is 65.7 Å². The Balaban J connectivity index is -0.0000000833. The molecule has 0 aromatic rings. The molecule has 0 aromatic carbocycles. The van der Waals surface area contributed by atoms with Crippen molar-refractivity contribution in [1.82, 2.24) is 0 Å². The Morgan fingerprint density at radius 3 is 1.44 bits per heavy atom. The summed E-state index contributed by atoms with van der Waals surface area (Å²) >= 11 is 0. The van der Waals surface area contributed by atoms with Crippen LogP contribution in [0.5, 0.6) is 0 Å². The van der Waals surface area contributed by atoms with Gasteiger partial charge in [0.25, 0.3) is 0 Å². The largest absolute Gasteiger partial charge is 0 e. The molecule has 0 N–H and O–H groups in total. The molecular formula is C12H13F6FeO5P-. The molecule has 0 aliphatic heterocycles. The van der Waals surface area contributed by atoms with Crippen molar-refractivity contribution >= 4 is 7.81 Å². The minimum atomic E-state index is -10.7. The quantitative estimate of drug-likeness (QED) is 0.193. The van der Waals surface area contributed by atoms with Crippen LogP contribution >= 0.6 is 7.81 Å². The summed E-state index contributed by atoms with van der Waals surface area (Å²) in [5.41, 5.74) is 1.17. The predicted octanol–water partition coefficient (Wildman–Crippen LogP) is 5.31. The summed E-state index contributed by atoms with van der Waals surface area (Å²) in [4.78, 5) is 0. The summed E-state index contributed by atoms with van der Waals surface area (Å²) < 4.78 is 91.9. The molecule has 0 amide bonds. The van der Waals surface area contributed by atoms with Gasteiger partial charge in [0.1, 0.15) is 6.10 Å². The van der Waals surface area contributed by atoms with Gasteiger partial charge in [0.05, 0.1) is 12.9 Å². The zero-order valence-corrected chi connectivity index (χ0v) is 15.0. The maximum Gasteiger partial charge on any atom is 0 e. The second kappa shape index (κ2) is 14.2. The van der Waals surface area contributed by atoms with E-state index < -0.39 is 7.81 Å². The van der Waals surface area contributed by atoms with E-state index >= 15 is 0 Å². The molecule has 0 fully saturated rings. The van der Waals surface area contributed by atoms with E-state index in [-0.39, 0.29) is 17.1 Å². The average Bonchev–Trinajstić information content (AvgIpc) is 2.51. The monoisotopic (exact) mass is 438 g/mol. The molecule has 0 bridgehead atoms. The third-order valence-electron chi connectivity index (χ3n) is 1.77. The Labute approximate surface area is 151 Å². The first kappa shape index (κ1) is 35.2. The van der Waals surface area contributed by atoms with Gasteiger partial charge in [-0.1, -0.05) is 6.08 Å². The van der Waals surface area contributed by atoms with Gasteiger partial charge in [0, 0.05) is 30.6 Å². The topological polar surface area (TPSA) is 78.2 Å². The molecule has 5 nitrogen and oxygen atoms in total. The molecule has 13 heteroatoms. The molecule has 1 aliphatic carbocycles. The van der Waals surface area contributed by atoms with Gasteiger partial charge in [-0.15, -0.1) is 0 Å². The van der Waals surface area contributed by atoms with E-state index in [0.29, 0.717) is 0 Å². The number of ether oxygens (including phenoxy) is 2. The van der Waals surface area contributed by atoms with Crippen LogP contribution in [0.1, 0.15) is 13.3 Å². The van der Waals surface area contributed by atoms with Crippen LogP contribution in [0.15, 0.2) is 23.5 Å². The van der Waals surface area contributed by atoms with Gasteiger partial charge in [0.15, 0.2) is 0 Å². The normalized spacial score (nSPS) is 15.2. The van der Waals surface area contributed by atoms with Crippen molar-refractivity contribution in [3.8, 4) is 0 Å². The Morgan fingerprint density at radius 2 is 1.20 bits per heavy atom. The van der Waals surface area contributed by atoms with Crippen LogP contribution in [-0.4, -0.2) is 14.2 Å². The SMILES string of the molecule is CO[C]1C=C(OC)CC=C1C.F[P-](F)(F)(F)(F)F.[C-]#[O+].[C-]#[O+].[C-]#[O+].[Fe]. The fourth-order valence-corrected chi connectivity index (χ4v) is 1.04. The number of methoxy groups -OCH3 is 2. The van der Waals surface area contributed by atoms with E-state index in [1.807, 2.05) is 13.0 Å². The minimum absolute atomic E-state index is 0. The summed E-state index contributed by atoms with van der Waals surface area (Å²) in [6, 6.07) is 0. The third kappa shape index (κ3) is 39.6. The molecule has 0 heterocycles. The van der Waals surface area contributed by atoms with E-state index in [0.717, 1.165) is 18.3 Å². The molecule has 1 radical (unpaired) electrons. The Bertz CT molecular complexity index is 455. The average molecular weight is 438 g/mol. The smallest absolute Gasteiger partial charge is 0 e. The standard InChI is InChI=1S/C9H13O2.3CO.F6P.Fe/c1-7-4-5-8(10-2)6-9(7)11-3;3*1-2;1-7(2,3,4,5)6;/h4,6H,5H2,1-3H3;;;;;/q;;;;-1;. The molecule has 0 saturated heterocycles. The fraction of sp³-hybridized carbons (Fsp3) is 0.333. The molecule has 147 valence electrons. The Hall–Kier alpha value is -1.01. The second-order valence-corrected chi connectivity index (χ2v) is 5.35. The third-order valence-corrected chi connectivity index (χ3v) is 1.77. The zero-order chi connectivity index (χ0) is 20.7. The van der Waals surface area contributed by atoms with Gasteiger partial charge < -0.3 is 9.47 Å². The first-order valence-corrected chi connectivity index (χ1v) is 7.26. The van der Waals surface area contributed by atoms with Crippen LogP contribution in [0, 0.1) is 26.1 Å².